The van der Waals surface area contributed by atoms with Gasteiger partial charge in [0.05, 0.1) is 25.9 Å². The van der Waals surface area contributed by atoms with Crippen molar-refractivity contribution in [2.24, 2.45) is 29.1 Å². The Labute approximate surface area is 146 Å². The van der Waals surface area contributed by atoms with Crippen molar-refractivity contribution in [3.63, 3.8) is 0 Å². The summed E-state index contributed by atoms with van der Waals surface area (Å²) in [5.41, 5.74) is 0.601. The lowest BCUT2D eigenvalue weighted by Crippen LogP contribution is -2.39. The van der Waals surface area contributed by atoms with E-state index in [2.05, 4.69) is 13.8 Å². The first kappa shape index (κ1) is 16.1. The summed E-state index contributed by atoms with van der Waals surface area (Å²) in [6.07, 6.45) is 12.0. The third-order valence-corrected chi connectivity index (χ3v) is 8.53. The maximum absolute atomic E-state index is 6.52. The van der Waals surface area contributed by atoms with Crippen LogP contribution in [0.25, 0.3) is 0 Å². The van der Waals surface area contributed by atoms with Crippen molar-refractivity contribution in [2.75, 3.05) is 19.8 Å². The quantitative estimate of drug-likeness (QED) is 0.723. The molecule has 24 heavy (non-hydrogen) atoms. The molecule has 0 spiro atoms. The monoisotopic (exact) mass is 334 g/mol. The molecule has 2 heterocycles. The maximum Gasteiger partial charge on any atom is 0.121 e. The van der Waals surface area contributed by atoms with Crippen molar-refractivity contribution in [1.29, 1.82) is 0 Å². The average molecular weight is 335 g/mol. The predicted octanol–water partition coefficient (Wildman–Crippen LogP) is 4.19. The molecule has 0 N–H and O–H groups in total. The lowest BCUT2D eigenvalue weighted by Gasteiger charge is -2.46. The molecule has 136 valence electrons. The van der Waals surface area contributed by atoms with E-state index in [9.17, 15) is 0 Å². The summed E-state index contributed by atoms with van der Waals surface area (Å²) < 4.78 is 17.9. The molecule has 2 saturated heterocycles. The minimum Gasteiger partial charge on any atom is -0.376 e. The van der Waals surface area contributed by atoms with Gasteiger partial charge in [-0.15, -0.1) is 0 Å². The summed E-state index contributed by atoms with van der Waals surface area (Å²) in [5.74, 6) is 3.37. The highest BCUT2D eigenvalue weighted by Gasteiger charge is 2.65. The van der Waals surface area contributed by atoms with Crippen molar-refractivity contribution < 1.29 is 14.2 Å². The van der Waals surface area contributed by atoms with E-state index in [1.54, 1.807) is 0 Å². The zero-order valence-electron chi connectivity index (χ0n) is 15.5. The Morgan fingerprint density at radius 1 is 0.875 bits per heavy atom. The summed E-state index contributed by atoms with van der Waals surface area (Å²) in [6.45, 7) is 7.63. The highest BCUT2D eigenvalue weighted by Crippen LogP contribution is 2.60. The fourth-order valence-electron chi connectivity index (χ4n) is 6.60. The van der Waals surface area contributed by atoms with Gasteiger partial charge >= 0.3 is 0 Å². The number of epoxide rings is 2. The highest BCUT2D eigenvalue weighted by atomic mass is 16.6. The van der Waals surface area contributed by atoms with Crippen LogP contribution in [0.15, 0.2) is 0 Å². The molecule has 8 rings (SSSR count). The molecule has 3 nitrogen and oxygen atoms in total. The topological polar surface area (TPSA) is 34.3 Å². The molecule has 6 aliphatic carbocycles. The van der Waals surface area contributed by atoms with Gasteiger partial charge in [-0.1, -0.05) is 13.8 Å². The van der Waals surface area contributed by atoms with Gasteiger partial charge in [0.25, 0.3) is 0 Å². The number of rotatable bonds is 4. The summed E-state index contributed by atoms with van der Waals surface area (Å²) in [7, 11) is 0. The van der Waals surface area contributed by atoms with Crippen LogP contribution in [-0.2, 0) is 14.2 Å². The molecule has 3 atom stereocenters. The maximum atomic E-state index is 6.52. The van der Waals surface area contributed by atoms with Crippen molar-refractivity contribution in [3.05, 3.63) is 0 Å². The minimum atomic E-state index is 0.0614. The molecule has 6 saturated carbocycles. The van der Waals surface area contributed by atoms with Gasteiger partial charge in [-0.3, -0.25) is 0 Å². The van der Waals surface area contributed by atoms with Gasteiger partial charge in [0, 0.05) is 0 Å². The molecular weight excluding hydrogens is 300 g/mol. The summed E-state index contributed by atoms with van der Waals surface area (Å²) >= 11 is 0. The van der Waals surface area contributed by atoms with Crippen LogP contribution in [0.1, 0.15) is 65.2 Å². The van der Waals surface area contributed by atoms with Crippen molar-refractivity contribution in [3.8, 4) is 0 Å². The van der Waals surface area contributed by atoms with Crippen LogP contribution in [0.3, 0.4) is 0 Å². The largest absolute Gasteiger partial charge is 0.376 e. The van der Waals surface area contributed by atoms with Gasteiger partial charge in [0.2, 0.25) is 0 Å². The Hall–Kier alpha value is -0.120. The van der Waals surface area contributed by atoms with E-state index in [0.29, 0.717) is 17.6 Å². The lowest BCUT2D eigenvalue weighted by atomic mass is 9.60. The van der Waals surface area contributed by atoms with Crippen molar-refractivity contribution >= 4 is 0 Å². The molecule has 8 fully saturated rings. The molecule has 0 aromatic carbocycles. The molecule has 8 aliphatic rings. The summed E-state index contributed by atoms with van der Waals surface area (Å²) in [4.78, 5) is 0. The normalized spacial score (nSPS) is 51.8. The fraction of sp³-hybridized carbons (Fsp3) is 1.00. The minimum absolute atomic E-state index is 0.0614. The second-order valence-corrected chi connectivity index (χ2v) is 9.95. The van der Waals surface area contributed by atoms with E-state index < -0.39 is 0 Å². The Bertz CT molecular complexity index is 469. The first-order valence-corrected chi connectivity index (χ1v) is 10.5. The van der Waals surface area contributed by atoms with E-state index in [4.69, 9.17) is 14.2 Å². The van der Waals surface area contributed by atoms with Crippen LogP contribution in [0.2, 0.25) is 0 Å². The lowest BCUT2D eigenvalue weighted by molar-refractivity contribution is 0.00433. The second-order valence-electron chi connectivity index (χ2n) is 9.95. The summed E-state index contributed by atoms with van der Waals surface area (Å²) in [5, 5.41) is 0. The molecule has 2 aliphatic heterocycles. The van der Waals surface area contributed by atoms with E-state index >= 15 is 0 Å². The Morgan fingerprint density at radius 2 is 1.46 bits per heavy atom. The second kappa shape index (κ2) is 5.69. The van der Waals surface area contributed by atoms with Crippen LogP contribution < -0.4 is 0 Å². The molecule has 4 bridgehead atoms. The van der Waals surface area contributed by atoms with Gasteiger partial charge < -0.3 is 14.2 Å². The molecular formula is C21H34O3. The van der Waals surface area contributed by atoms with E-state index in [1.165, 1.54) is 51.4 Å². The van der Waals surface area contributed by atoms with E-state index in [-0.39, 0.29) is 5.60 Å². The van der Waals surface area contributed by atoms with Crippen LogP contribution in [0, 0.1) is 29.1 Å². The van der Waals surface area contributed by atoms with E-state index in [0.717, 1.165) is 43.5 Å². The molecule has 3 heteroatoms. The highest BCUT2D eigenvalue weighted by molar-refractivity contribution is 5.12. The van der Waals surface area contributed by atoms with Gasteiger partial charge in [0.1, 0.15) is 11.7 Å². The molecule has 0 amide bonds. The SMILES string of the molecule is CC1(C)C2CCC(CC2)C2OC2(COCC2CO2)C2CCC1CC2. The standard InChI is InChI=1S/C21H34O3/c1-20(2)15-5-3-14(4-6-15)19-21(24-19,13-22-11-18-12-23-18)17-9-7-16(20)8-10-17/h14-19H,3-13H2,1-2H3. The first-order valence-electron chi connectivity index (χ1n) is 10.5. The number of hydrogen-bond donors (Lipinski definition) is 0. The first-order chi connectivity index (χ1) is 11.6. The zero-order valence-corrected chi connectivity index (χ0v) is 15.5. The molecule has 0 aromatic rings. The van der Waals surface area contributed by atoms with Gasteiger partial charge in [0.15, 0.2) is 0 Å². The average Bonchev–Trinajstić information content (AvgIpc) is 3.50. The molecule has 3 unspecified atom stereocenters. The van der Waals surface area contributed by atoms with Crippen molar-refractivity contribution in [1.82, 2.24) is 0 Å². The smallest absolute Gasteiger partial charge is 0.121 e. The molecule has 0 radical (unpaired) electrons. The Morgan fingerprint density at radius 3 is 2.08 bits per heavy atom. The zero-order chi connectivity index (χ0) is 16.4. The van der Waals surface area contributed by atoms with Gasteiger partial charge in [-0.05, 0) is 80.5 Å². The Kier molecular flexibility index (Phi) is 3.81. The predicted molar refractivity (Wildman–Crippen MR) is 92.8 cm³/mol. The van der Waals surface area contributed by atoms with Gasteiger partial charge in [-0.25, -0.2) is 0 Å². The third-order valence-electron chi connectivity index (χ3n) is 8.53. The Balaban J connectivity index is 1.36. The van der Waals surface area contributed by atoms with Crippen LogP contribution >= 0.6 is 0 Å². The number of ether oxygens (including phenoxy) is 3. The van der Waals surface area contributed by atoms with Crippen LogP contribution in [-0.4, -0.2) is 37.6 Å². The third kappa shape index (κ3) is 2.57. The van der Waals surface area contributed by atoms with E-state index in [1.807, 2.05) is 0 Å². The fourth-order valence-corrected chi connectivity index (χ4v) is 6.60. The summed E-state index contributed by atoms with van der Waals surface area (Å²) in [6, 6.07) is 0. The van der Waals surface area contributed by atoms with Crippen molar-refractivity contribution in [2.45, 2.75) is 83.0 Å². The number of hydrogen-bond acceptors (Lipinski definition) is 3. The van der Waals surface area contributed by atoms with Crippen LogP contribution in [0.5, 0.6) is 0 Å². The molecule has 0 aromatic heterocycles. The van der Waals surface area contributed by atoms with Crippen LogP contribution in [0.4, 0.5) is 0 Å². The van der Waals surface area contributed by atoms with Gasteiger partial charge in [-0.2, -0.15) is 0 Å².